The van der Waals surface area contributed by atoms with Crippen molar-refractivity contribution in [2.24, 2.45) is 0 Å². The van der Waals surface area contributed by atoms with Crippen molar-refractivity contribution < 1.29 is 14.3 Å². The molecule has 1 aromatic carbocycles. The number of imide groups is 1. The van der Waals surface area contributed by atoms with Gasteiger partial charge in [-0.05, 0) is 37.6 Å². The van der Waals surface area contributed by atoms with Crippen LogP contribution in [0.1, 0.15) is 19.0 Å². The van der Waals surface area contributed by atoms with Crippen LogP contribution in [0.3, 0.4) is 0 Å². The Kier molecular flexibility index (Phi) is 6.10. The number of hydrogen-bond donors (Lipinski definition) is 2. The van der Waals surface area contributed by atoms with Crippen LogP contribution in [-0.2, 0) is 4.79 Å². The molecular formula is C16H19N3O3S. The predicted octanol–water partition coefficient (Wildman–Crippen LogP) is 2.73. The average molecular weight is 333 g/mol. The first-order valence-electron chi connectivity index (χ1n) is 7.31. The smallest absolute Gasteiger partial charge is 0.321 e. The molecule has 2 rings (SSSR count). The van der Waals surface area contributed by atoms with E-state index in [4.69, 9.17) is 4.74 Å². The lowest BCUT2D eigenvalue weighted by Crippen LogP contribution is -2.41. The van der Waals surface area contributed by atoms with E-state index in [1.807, 2.05) is 31.4 Å². The molecule has 0 fully saturated rings. The van der Waals surface area contributed by atoms with Crippen LogP contribution < -0.4 is 15.4 Å². The van der Waals surface area contributed by atoms with Gasteiger partial charge in [-0.3, -0.25) is 10.1 Å². The van der Waals surface area contributed by atoms with Gasteiger partial charge in [0.25, 0.3) is 5.91 Å². The zero-order valence-corrected chi connectivity index (χ0v) is 13.9. The van der Waals surface area contributed by atoms with Crippen molar-refractivity contribution in [3.05, 3.63) is 35.3 Å². The summed E-state index contributed by atoms with van der Waals surface area (Å²) in [6, 6.07) is 6.82. The highest BCUT2D eigenvalue weighted by Gasteiger charge is 2.08. The van der Waals surface area contributed by atoms with Crippen molar-refractivity contribution in [2.75, 3.05) is 13.2 Å². The average Bonchev–Trinajstić information content (AvgIpc) is 2.98. The van der Waals surface area contributed by atoms with E-state index >= 15 is 0 Å². The summed E-state index contributed by atoms with van der Waals surface area (Å²) < 4.78 is 5.36. The van der Waals surface area contributed by atoms with Crippen LogP contribution in [0.4, 0.5) is 4.79 Å². The molecule has 0 radical (unpaired) electrons. The number of carbonyl (C=O) groups is 2. The summed E-state index contributed by atoms with van der Waals surface area (Å²) in [4.78, 5) is 27.3. The molecule has 7 heteroatoms. The highest BCUT2D eigenvalue weighted by Crippen LogP contribution is 2.25. The highest BCUT2D eigenvalue weighted by molar-refractivity contribution is 7.13. The van der Waals surface area contributed by atoms with E-state index in [0.29, 0.717) is 12.3 Å². The first kappa shape index (κ1) is 17.0. The molecule has 0 unspecified atom stereocenters. The van der Waals surface area contributed by atoms with Gasteiger partial charge in [-0.15, -0.1) is 11.3 Å². The van der Waals surface area contributed by atoms with Gasteiger partial charge in [0.15, 0.2) is 6.61 Å². The normalized spacial score (nSPS) is 10.2. The zero-order valence-electron chi connectivity index (χ0n) is 13.1. The second-order valence-electron chi connectivity index (χ2n) is 4.91. The number of nitrogens with one attached hydrogen (secondary N) is 2. The molecule has 0 saturated carbocycles. The van der Waals surface area contributed by atoms with Crippen molar-refractivity contribution in [3.8, 4) is 16.3 Å². The first-order valence-corrected chi connectivity index (χ1v) is 8.19. The number of aromatic nitrogens is 1. The maximum Gasteiger partial charge on any atom is 0.321 e. The fourth-order valence-electron chi connectivity index (χ4n) is 1.77. The van der Waals surface area contributed by atoms with E-state index in [1.54, 1.807) is 23.5 Å². The van der Waals surface area contributed by atoms with Gasteiger partial charge in [-0.25, -0.2) is 9.78 Å². The van der Waals surface area contributed by atoms with E-state index in [0.717, 1.165) is 22.7 Å². The molecule has 3 amide bonds. The number of nitrogens with zero attached hydrogens (tertiary/aromatic N) is 1. The fourth-order valence-corrected chi connectivity index (χ4v) is 2.58. The fraction of sp³-hybridized carbons (Fsp3) is 0.312. The molecule has 0 bridgehead atoms. The van der Waals surface area contributed by atoms with Crippen molar-refractivity contribution in [2.45, 2.75) is 20.3 Å². The van der Waals surface area contributed by atoms with Crippen LogP contribution in [0.5, 0.6) is 5.75 Å². The van der Waals surface area contributed by atoms with Gasteiger partial charge in [0, 0.05) is 23.2 Å². The second kappa shape index (κ2) is 8.28. The van der Waals surface area contributed by atoms with Gasteiger partial charge in [-0.1, -0.05) is 6.92 Å². The quantitative estimate of drug-likeness (QED) is 0.852. The summed E-state index contributed by atoms with van der Waals surface area (Å²) in [6.45, 7) is 4.20. The van der Waals surface area contributed by atoms with E-state index in [1.165, 1.54) is 0 Å². The van der Waals surface area contributed by atoms with Crippen molar-refractivity contribution in [1.82, 2.24) is 15.6 Å². The van der Waals surface area contributed by atoms with Gasteiger partial charge in [0.1, 0.15) is 10.8 Å². The minimum absolute atomic E-state index is 0.213. The van der Waals surface area contributed by atoms with Crippen LogP contribution in [0, 0.1) is 6.92 Å². The molecule has 0 aliphatic carbocycles. The van der Waals surface area contributed by atoms with Gasteiger partial charge in [0.05, 0.1) is 0 Å². The van der Waals surface area contributed by atoms with Crippen LogP contribution in [-0.4, -0.2) is 30.1 Å². The Morgan fingerprint density at radius 1 is 1.26 bits per heavy atom. The maximum atomic E-state index is 11.6. The molecule has 0 saturated heterocycles. The van der Waals surface area contributed by atoms with Crippen LogP contribution in [0.15, 0.2) is 29.6 Å². The molecule has 0 spiro atoms. The lowest BCUT2D eigenvalue weighted by molar-refractivity contribution is -0.122. The Bertz CT molecular complexity index is 667. The predicted molar refractivity (Wildman–Crippen MR) is 89.6 cm³/mol. The Morgan fingerprint density at radius 2 is 2.00 bits per heavy atom. The molecule has 1 heterocycles. The van der Waals surface area contributed by atoms with Crippen molar-refractivity contribution in [1.29, 1.82) is 0 Å². The van der Waals surface area contributed by atoms with E-state index in [2.05, 4.69) is 15.6 Å². The number of benzene rings is 1. The highest BCUT2D eigenvalue weighted by atomic mass is 32.1. The monoisotopic (exact) mass is 333 g/mol. The first-order chi connectivity index (χ1) is 11.1. The summed E-state index contributed by atoms with van der Waals surface area (Å²) >= 11 is 1.58. The third kappa shape index (κ3) is 5.37. The Labute approximate surface area is 138 Å². The number of ether oxygens (including phenoxy) is 1. The summed E-state index contributed by atoms with van der Waals surface area (Å²) in [6.07, 6.45) is 0.809. The van der Waals surface area contributed by atoms with Crippen molar-refractivity contribution >= 4 is 23.3 Å². The Hall–Kier alpha value is -2.41. The number of carbonyl (C=O) groups excluding carboxylic acids is 2. The second-order valence-corrected chi connectivity index (χ2v) is 5.77. The molecule has 0 aliphatic rings. The molecule has 0 aliphatic heterocycles. The lowest BCUT2D eigenvalue weighted by Gasteiger charge is -2.08. The Morgan fingerprint density at radius 3 is 2.61 bits per heavy atom. The van der Waals surface area contributed by atoms with Gasteiger partial charge in [0.2, 0.25) is 0 Å². The van der Waals surface area contributed by atoms with E-state index in [9.17, 15) is 9.59 Å². The largest absolute Gasteiger partial charge is 0.484 e. The number of amides is 3. The summed E-state index contributed by atoms with van der Waals surface area (Å²) in [7, 11) is 0. The van der Waals surface area contributed by atoms with Crippen LogP contribution in [0.2, 0.25) is 0 Å². The van der Waals surface area contributed by atoms with Gasteiger partial charge in [-0.2, -0.15) is 0 Å². The Balaban J connectivity index is 1.82. The van der Waals surface area contributed by atoms with E-state index in [-0.39, 0.29) is 6.61 Å². The molecule has 2 aromatic rings. The third-order valence-electron chi connectivity index (χ3n) is 2.88. The molecule has 1 aromatic heterocycles. The maximum absolute atomic E-state index is 11.6. The van der Waals surface area contributed by atoms with Crippen molar-refractivity contribution in [3.63, 3.8) is 0 Å². The molecule has 0 atom stereocenters. The van der Waals surface area contributed by atoms with E-state index < -0.39 is 11.9 Å². The standard InChI is InChI=1S/C16H19N3O3S/c1-3-8-17-16(21)19-14(20)9-22-13-6-4-12(5-7-13)15-18-11(2)10-23-15/h4-7,10H,3,8-9H2,1-2H3,(H2,17,19,20,21). The summed E-state index contributed by atoms with van der Waals surface area (Å²) in [5, 5.41) is 7.70. The minimum Gasteiger partial charge on any atom is -0.484 e. The number of thiazole rings is 1. The van der Waals surface area contributed by atoms with Crippen LogP contribution in [0.25, 0.3) is 10.6 Å². The molecule has 23 heavy (non-hydrogen) atoms. The molecule has 6 nitrogen and oxygen atoms in total. The molecule has 2 N–H and O–H groups in total. The third-order valence-corrected chi connectivity index (χ3v) is 3.89. The number of hydrogen-bond acceptors (Lipinski definition) is 5. The minimum atomic E-state index is -0.505. The lowest BCUT2D eigenvalue weighted by atomic mass is 10.2. The van der Waals surface area contributed by atoms with Gasteiger partial charge < -0.3 is 10.1 Å². The number of aryl methyl sites for hydroxylation is 1. The number of rotatable bonds is 6. The summed E-state index contributed by atoms with van der Waals surface area (Å²) in [5.74, 6) is 0.0735. The zero-order chi connectivity index (χ0) is 16.7. The molecule has 122 valence electrons. The molecular weight excluding hydrogens is 314 g/mol. The summed E-state index contributed by atoms with van der Waals surface area (Å²) in [5.41, 5.74) is 1.99. The van der Waals surface area contributed by atoms with Crippen LogP contribution >= 0.6 is 11.3 Å². The number of urea groups is 1. The topological polar surface area (TPSA) is 80.3 Å². The SMILES string of the molecule is CCCNC(=O)NC(=O)COc1ccc(-c2nc(C)cs2)cc1. The van der Waals surface area contributed by atoms with Gasteiger partial charge >= 0.3 is 6.03 Å².